The van der Waals surface area contributed by atoms with Crippen molar-refractivity contribution in [1.82, 2.24) is 0 Å². The summed E-state index contributed by atoms with van der Waals surface area (Å²) >= 11 is 0. The van der Waals surface area contributed by atoms with Gasteiger partial charge in [0.2, 0.25) is 0 Å². The van der Waals surface area contributed by atoms with Crippen molar-refractivity contribution in [3.8, 4) is 0 Å². The van der Waals surface area contributed by atoms with Gasteiger partial charge in [0, 0.05) is 0 Å². The van der Waals surface area contributed by atoms with Crippen LogP contribution in [-0.2, 0) is 4.79 Å². The Morgan fingerprint density at radius 1 is 0.774 bits per heavy atom. The lowest BCUT2D eigenvalue weighted by atomic mass is 10.0. The van der Waals surface area contributed by atoms with E-state index in [-0.39, 0.29) is 0 Å². The van der Waals surface area contributed by atoms with E-state index in [4.69, 9.17) is 30.6 Å². The second-order valence-corrected chi connectivity index (χ2v) is 8.78. The van der Waals surface area contributed by atoms with E-state index in [0.717, 1.165) is 11.0 Å². The highest BCUT2D eigenvalue weighted by Gasteiger charge is 2.30. The van der Waals surface area contributed by atoms with E-state index in [0.29, 0.717) is 6.61 Å². The van der Waals surface area contributed by atoms with Crippen LogP contribution in [0.15, 0.2) is 0 Å². The zero-order valence-electron chi connectivity index (χ0n) is 19.7. The Kier molecular flexibility index (Phi) is 20.7. The summed E-state index contributed by atoms with van der Waals surface area (Å²) in [5, 5.41) is 62.4. The minimum absolute atomic E-state index is 0.310. The Labute approximate surface area is 187 Å². The van der Waals surface area contributed by atoms with Gasteiger partial charge in [0.05, 0.1) is 39.8 Å². The molecule has 0 rings (SSSR count). The van der Waals surface area contributed by atoms with Crippen LogP contribution < -0.4 is 5.11 Å². The van der Waals surface area contributed by atoms with E-state index in [1.54, 1.807) is 0 Å². The number of aliphatic carboxylic acids is 1. The summed E-state index contributed by atoms with van der Waals surface area (Å²) in [6.45, 7) is 3.81. The van der Waals surface area contributed by atoms with Crippen LogP contribution in [0.3, 0.4) is 0 Å². The lowest BCUT2D eigenvalue weighted by Gasteiger charge is -2.28. The molecule has 0 aromatic carbocycles. The number of hydrogen-bond donors (Lipinski definition) is 6. The van der Waals surface area contributed by atoms with Gasteiger partial charge in [0.1, 0.15) is 31.0 Å². The Hall–Kier alpha value is -0.810. The van der Waals surface area contributed by atoms with Crippen molar-refractivity contribution in [2.24, 2.45) is 0 Å². The second-order valence-electron chi connectivity index (χ2n) is 8.78. The fourth-order valence-electron chi connectivity index (χ4n) is 3.07. The van der Waals surface area contributed by atoms with Crippen molar-refractivity contribution in [3.63, 3.8) is 0 Å². The molecule has 6 N–H and O–H groups in total. The molecular formula is C22H47NO8. The molecule has 31 heavy (non-hydrogen) atoms. The third kappa shape index (κ3) is 18.5. The number of unbranched alkanes of at least 4 members (excludes halogenated alkanes) is 9. The highest BCUT2D eigenvalue weighted by molar-refractivity contribution is 5.70. The maximum atomic E-state index is 9.98. The first kappa shape index (κ1) is 32.4. The van der Waals surface area contributed by atoms with Crippen molar-refractivity contribution in [3.05, 3.63) is 0 Å². The molecule has 0 unspecified atom stereocenters. The summed E-state index contributed by atoms with van der Waals surface area (Å²) < 4.78 is 0.966. The molecule has 0 saturated carbocycles. The number of carbonyl (C=O) groups excluding carboxylic acids is 1. The van der Waals surface area contributed by atoms with Crippen LogP contribution in [0.4, 0.5) is 0 Å². The van der Waals surface area contributed by atoms with Crippen LogP contribution in [0.25, 0.3) is 0 Å². The number of likely N-dealkylation sites (N-methyl/N-ethyl adjacent to an activating group) is 1. The SMILES string of the molecule is CCCCCCCCCCCC[N+](C)(C)CCO.O=C([O-])[C@H](O)[C@@H](O)[C@H](O)[C@H](O)CO. The van der Waals surface area contributed by atoms with E-state index in [1.807, 2.05) is 0 Å². The Morgan fingerprint density at radius 2 is 1.23 bits per heavy atom. The van der Waals surface area contributed by atoms with Gasteiger partial charge in [-0.1, -0.05) is 58.3 Å². The zero-order valence-corrected chi connectivity index (χ0v) is 19.7. The maximum Gasteiger partial charge on any atom is 0.122 e. The largest absolute Gasteiger partial charge is 0.547 e. The normalized spacial score (nSPS) is 15.5. The average Bonchev–Trinajstić information content (AvgIpc) is 2.73. The van der Waals surface area contributed by atoms with Crippen LogP contribution in [0.1, 0.15) is 71.1 Å². The first-order chi connectivity index (χ1) is 14.5. The molecular weight excluding hydrogens is 406 g/mol. The molecule has 0 heterocycles. The van der Waals surface area contributed by atoms with Gasteiger partial charge in [-0.15, -0.1) is 0 Å². The minimum Gasteiger partial charge on any atom is -0.547 e. The average molecular weight is 454 g/mol. The van der Waals surface area contributed by atoms with Crippen molar-refractivity contribution in [2.75, 3.05) is 40.4 Å². The topological polar surface area (TPSA) is 162 Å². The minimum atomic E-state index is -2.31. The van der Waals surface area contributed by atoms with Gasteiger partial charge >= 0.3 is 0 Å². The number of carbonyl (C=O) groups is 1. The Balaban J connectivity index is 0. The number of carboxylic acids is 1. The molecule has 0 spiro atoms. The second kappa shape index (κ2) is 19.8. The Morgan fingerprint density at radius 3 is 1.61 bits per heavy atom. The highest BCUT2D eigenvalue weighted by atomic mass is 16.4. The molecule has 0 saturated heterocycles. The standard InChI is InChI=1S/C16H36NO.C6H12O7/c1-4-5-6-7-8-9-10-11-12-13-14-17(2,3)15-16-18;7-1-2(8)3(9)4(10)5(11)6(12)13/h18H,4-16H2,1-3H3;2-5,7-11H,1H2,(H,12,13)/q+1;/p-1/t;2-,3-,4+,5-/m.1/s1. The molecule has 0 bridgehead atoms. The van der Waals surface area contributed by atoms with Crippen molar-refractivity contribution >= 4 is 5.97 Å². The van der Waals surface area contributed by atoms with Gasteiger partial charge in [-0.2, -0.15) is 0 Å². The summed E-state index contributed by atoms with van der Waals surface area (Å²) in [5.74, 6) is -1.98. The molecule has 0 aliphatic heterocycles. The van der Waals surface area contributed by atoms with Crippen LogP contribution in [0.2, 0.25) is 0 Å². The number of quaternary nitrogens is 1. The van der Waals surface area contributed by atoms with E-state index in [9.17, 15) is 9.90 Å². The predicted molar refractivity (Wildman–Crippen MR) is 117 cm³/mol. The molecule has 4 atom stereocenters. The monoisotopic (exact) mass is 453 g/mol. The molecule has 0 aliphatic rings. The molecule has 0 aliphatic carbocycles. The van der Waals surface area contributed by atoms with Crippen molar-refractivity contribution in [1.29, 1.82) is 0 Å². The van der Waals surface area contributed by atoms with Gasteiger partial charge < -0.3 is 45.0 Å². The van der Waals surface area contributed by atoms with Gasteiger partial charge in [-0.3, -0.25) is 0 Å². The molecule has 0 aromatic heterocycles. The van der Waals surface area contributed by atoms with Crippen molar-refractivity contribution < 1.29 is 45.0 Å². The number of aliphatic hydroxyl groups is 6. The molecule has 0 fully saturated rings. The third-order valence-electron chi connectivity index (χ3n) is 5.32. The fraction of sp³-hybridized carbons (Fsp3) is 0.955. The highest BCUT2D eigenvalue weighted by Crippen LogP contribution is 2.11. The van der Waals surface area contributed by atoms with Gasteiger partial charge in [-0.05, 0) is 12.8 Å². The van der Waals surface area contributed by atoms with E-state index in [1.165, 1.54) is 70.8 Å². The fourth-order valence-corrected chi connectivity index (χ4v) is 3.07. The van der Waals surface area contributed by atoms with E-state index < -0.39 is 37.0 Å². The number of aliphatic hydroxyl groups excluding tert-OH is 6. The number of carboxylic acid groups (broad SMARTS) is 1. The van der Waals surface area contributed by atoms with Gasteiger partial charge in [0.25, 0.3) is 0 Å². The van der Waals surface area contributed by atoms with Crippen LogP contribution in [0.5, 0.6) is 0 Å². The van der Waals surface area contributed by atoms with E-state index >= 15 is 0 Å². The molecule has 0 amide bonds. The summed E-state index contributed by atoms with van der Waals surface area (Å²) in [5.41, 5.74) is 0. The predicted octanol–water partition coefficient (Wildman–Crippen LogP) is -0.852. The lowest BCUT2D eigenvalue weighted by molar-refractivity contribution is -0.890. The first-order valence-corrected chi connectivity index (χ1v) is 11.5. The van der Waals surface area contributed by atoms with Crippen molar-refractivity contribution in [2.45, 2.75) is 95.5 Å². The maximum absolute atomic E-state index is 9.98. The molecule has 9 heteroatoms. The summed E-state index contributed by atoms with van der Waals surface area (Å²) in [7, 11) is 4.42. The molecule has 9 nitrogen and oxygen atoms in total. The zero-order chi connectivity index (χ0) is 24.3. The first-order valence-electron chi connectivity index (χ1n) is 11.5. The summed E-state index contributed by atoms with van der Waals surface area (Å²) in [4.78, 5) is 9.98. The quantitative estimate of drug-likeness (QED) is 0.115. The smallest absolute Gasteiger partial charge is 0.122 e. The lowest BCUT2D eigenvalue weighted by Crippen LogP contribution is -2.52. The number of hydrogen-bond acceptors (Lipinski definition) is 8. The molecule has 0 radical (unpaired) electrons. The van der Waals surface area contributed by atoms with Crippen LogP contribution >= 0.6 is 0 Å². The Bertz CT molecular complexity index is 422. The summed E-state index contributed by atoms with van der Waals surface area (Å²) in [6, 6.07) is 0. The summed E-state index contributed by atoms with van der Waals surface area (Å²) in [6.07, 6.45) is 5.91. The third-order valence-corrected chi connectivity index (χ3v) is 5.32. The van der Waals surface area contributed by atoms with Crippen LogP contribution in [-0.4, -0.2) is 106 Å². The van der Waals surface area contributed by atoms with Gasteiger partial charge in [0.15, 0.2) is 0 Å². The molecule has 188 valence electrons. The number of nitrogens with zero attached hydrogens (tertiary/aromatic N) is 1. The van der Waals surface area contributed by atoms with E-state index in [2.05, 4.69) is 21.0 Å². The van der Waals surface area contributed by atoms with Crippen LogP contribution in [0, 0.1) is 0 Å². The molecule has 0 aromatic rings. The number of rotatable bonds is 18. The van der Waals surface area contributed by atoms with Gasteiger partial charge in [-0.25, -0.2) is 0 Å².